The van der Waals surface area contributed by atoms with Crippen LogP contribution in [0.25, 0.3) is 0 Å². The zero-order chi connectivity index (χ0) is 21.9. The van der Waals surface area contributed by atoms with Crippen molar-refractivity contribution in [3.05, 3.63) is 29.3 Å². The van der Waals surface area contributed by atoms with Crippen molar-refractivity contribution in [2.24, 2.45) is 11.8 Å². The van der Waals surface area contributed by atoms with Crippen molar-refractivity contribution >= 4 is 29.1 Å². The van der Waals surface area contributed by atoms with Crippen LogP contribution in [0.4, 0.5) is 5.69 Å². The van der Waals surface area contributed by atoms with Gasteiger partial charge in [-0.3, -0.25) is 9.59 Å². The average Bonchev–Trinajstić information content (AvgIpc) is 2.74. The van der Waals surface area contributed by atoms with Crippen molar-refractivity contribution in [3.63, 3.8) is 0 Å². The molecule has 0 unspecified atom stereocenters. The molecule has 0 saturated carbocycles. The minimum Gasteiger partial charge on any atom is -0.368 e. The maximum absolute atomic E-state index is 12.7. The summed E-state index contributed by atoms with van der Waals surface area (Å²) in [5, 5.41) is 3.80. The third kappa shape index (κ3) is 8.17. The van der Waals surface area contributed by atoms with E-state index in [1.807, 2.05) is 30.0 Å². The van der Waals surface area contributed by atoms with E-state index in [9.17, 15) is 9.59 Å². The highest BCUT2D eigenvalue weighted by atomic mass is 35.5. The summed E-state index contributed by atoms with van der Waals surface area (Å²) >= 11 is 6.09. The summed E-state index contributed by atoms with van der Waals surface area (Å²) < 4.78 is 0. The Hall–Kier alpha value is -1.75. The van der Waals surface area contributed by atoms with E-state index in [0.29, 0.717) is 31.8 Å². The lowest BCUT2D eigenvalue weighted by atomic mass is 9.98. The van der Waals surface area contributed by atoms with Gasteiger partial charge in [-0.1, -0.05) is 57.7 Å². The molecule has 0 aliphatic carbocycles. The maximum Gasteiger partial charge on any atom is 0.222 e. The Kier molecular flexibility index (Phi) is 10.5. The Morgan fingerprint density at radius 1 is 1.13 bits per heavy atom. The highest BCUT2D eigenvalue weighted by molar-refractivity contribution is 6.30. The van der Waals surface area contributed by atoms with Gasteiger partial charge in [-0.2, -0.15) is 0 Å². The molecule has 1 saturated heterocycles. The van der Waals surface area contributed by atoms with Gasteiger partial charge >= 0.3 is 0 Å². The number of carbonyl (C=O) groups excluding carboxylic acids is 2. The fourth-order valence-electron chi connectivity index (χ4n) is 3.98. The predicted molar refractivity (Wildman–Crippen MR) is 125 cm³/mol. The molecule has 1 aliphatic heterocycles. The molecular weight excluding hydrogens is 398 g/mol. The van der Waals surface area contributed by atoms with Crippen molar-refractivity contribution in [3.8, 4) is 0 Å². The Bertz CT molecular complexity index is 674. The lowest BCUT2D eigenvalue weighted by molar-refractivity contribution is -0.132. The monoisotopic (exact) mass is 435 g/mol. The van der Waals surface area contributed by atoms with Crippen LogP contribution in [-0.4, -0.2) is 49.4 Å². The maximum atomic E-state index is 12.7. The number of piperazine rings is 1. The number of carbonyl (C=O) groups is 2. The number of hydrogen-bond acceptors (Lipinski definition) is 3. The van der Waals surface area contributed by atoms with Gasteiger partial charge in [0.2, 0.25) is 11.8 Å². The van der Waals surface area contributed by atoms with E-state index in [1.165, 1.54) is 19.3 Å². The Labute approximate surface area is 187 Å². The zero-order valence-corrected chi connectivity index (χ0v) is 19.6. The molecule has 6 heteroatoms. The lowest BCUT2D eigenvalue weighted by Gasteiger charge is -2.36. The quantitative estimate of drug-likeness (QED) is 0.546. The molecular formula is C24H38ClN3O2. The Balaban J connectivity index is 1.69. The van der Waals surface area contributed by atoms with Crippen molar-refractivity contribution < 1.29 is 9.59 Å². The van der Waals surface area contributed by atoms with Crippen LogP contribution in [0.15, 0.2) is 24.3 Å². The minimum absolute atomic E-state index is 0.0548. The third-order valence-electron chi connectivity index (χ3n) is 5.99. The molecule has 168 valence electrons. The van der Waals surface area contributed by atoms with Gasteiger partial charge < -0.3 is 15.1 Å². The summed E-state index contributed by atoms with van der Waals surface area (Å²) in [7, 11) is 0. The molecule has 2 amide bonds. The van der Waals surface area contributed by atoms with Gasteiger partial charge in [0.15, 0.2) is 0 Å². The third-order valence-corrected chi connectivity index (χ3v) is 6.23. The van der Waals surface area contributed by atoms with Crippen LogP contribution >= 0.6 is 11.6 Å². The number of amides is 2. The molecule has 30 heavy (non-hydrogen) atoms. The van der Waals surface area contributed by atoms with E-state index in [4.69, 9.17) is 11.6 Å². The van der Waals surface area contributed by atoms with Gasteiger partial charge in [0.05, 0.1) is 0 Å². The summed E-state index contributed by atoms with van der Waals surface area (Å²) in [5.41, 5.74) is 1.10. The van der Waals surface area contributed by atoms with Crippen molar-refractivity contribution in [1.29, 1.82) is 0 Å². The van der Waals surface area contributed by atoms with E-state index < -0.39 is 0 Å². The number of hydrogen-bond donors (Lipinski definition) is 1. The van der Waals surface area contributed by atoms with Crippen LogP contribution in [0, 0.1) is 11.8 Å². The second-order valence-electron chi connectivity index (χ2n) is 8.58. The Morgan fingerprint density at radius 2 is 1.87 bits per heavy atom. The summed E-state index contributed by atoms with van der Waals surface area (Å²) in [6, 6.07) is 7.84. The van der Waals surface area contributed by atoms with E-state index in [1.54, 1.807) is 0 Å². The number of anilines is 1. The fourth-order valence-corrected chi connectivity index (χ4v) is 4.16. The molecule has 0 bridgehead atoms. The molecule has 0 radical (unpaired) electrons. The van der Waals surface area contributed by atoms with Gasteiger partial charge in [0.1, 0.15) is 0 Å². The topological polar surface area (TPSA) is 52.7 Å². The van der Waals surface area contributed by atoms with E-state index in [-0.39, 0.29) is 17.7 Å². The largest absolute Gasteiger partial charge is 0.368 e. The first-order valence-corrected chi connectivity index (χ1v) is 11.9. The Morgan fingerprint density at radius 3 is 2.50 bits per heavy atom. The standard InChI is InChI=1S/C24H38ClN3O2/c1-4-6-8-20(5-2)18-26-23(29)15-19(3)16-24(30)28-13-11-27(12-14-28)22-10-7-9-21(25)17-22/h7,9-10,17,19-20H,4-6,8,11-16,18H2,1-3H3,(H,26,29)/t19-,20-/m0/s1. The van der Waals surface area contributed by atoms with E-state index >= 15 is 0 Å². The first kappa shape index (κ1) is 24.5. The molecule has 5 nitrogen and oxygen atoms in total. The minimum atomic E-state index is 0.0548. The normalized spacial score (nSPS) is 16.3. The summed E-state index contributed by atoms with van der Waals surface area (Å²) in [6.45, 7) is 10.1. The molecule has 0 aromatic heterocycles. The molecule has 0 spiro atoms. The number of halogens is 1. The van der Waals surface area contributed by atoms with Crippen LogP contribution in [-0.2, 0) is 9.59 Å². The summed E-state index contributed by atoms with van der Waals surface area (Å²) in [6.07, 6.45) is 5.51. The summed E-state index contributed by atoms with van der Waals surface area (Å²) in [5.74, 6) is 0.826. The average molecular weight is 436 g/mol. The molecule has 2 rings (SSSR count). The molecule has 1 N–H and O–H groups in total. The number of nitrogens with zero attached hydrogens (tertiary/aromatic N) is 2. The first-order valence-electron chi connectivity index (χ1n) is 11.5. The molecule has 1 fully saturated rings. The number of benzene rings is 1. The van der Waals surface area contributed by atoms with E-state index in [2.05, 4.69) is 30.1 Å². The molecule has 1 heterocycles. The summed E-state index contributed by atoms with van der Waals surface area (Å²) in [4.78, 5) is 29.1. The van der Waals surface area contributed by atoms with Crippen molar-refractivity contribution in [2.45, 2.75) is 59.3 Å². The van der Waals surface area contributed by atoms with Gasteiger partial charge in [0.25, 0.3) is 0 Å². The number of rotatable bonds is 11. The van der Waals surface area contributed by atoms with Gasteiger partial charge in [-0.25, -0.2) is 0 Å². The van der Waals surface area contributed by atoms with Crippen LogP contribution < -0.4 is 10.2 Å². The van der Waals surface area contributed by atoms with Crippen LogP contribution in [0.2, 0.25) is 5.02 Å². The second-order valence-corrected chi connectivity index (χ2v) is 9.02. The second kappa shape index (κ2) is 12.8. The van der Waals surface area contributed by atoms with Gasteiger partial charge in [0, 0.05) is 56.3 Å². The SMILES string of the molecule is CCCC[C@H](CC)CNC(=O)C[C@H](C)CC(=O)N1CCN(c2cccc(Cl)c2)CC1. The highest BCUT2D eigenvalue weighted by Gasteiger charge is 2.23. The first-order chi connectivity index (χ1) is 14.4. The highest BCUT2D eigenvalue weighted by Crippen LogP contribution is 2.21. The predicted octanol–water partition coefficient (Wildman–Crippen LogP) is 4.74. The fraction of sp³-hybridized carbons (Fsp3) is 0.667. The van der Waals surface area contributed by atoms with Gasteiger partial charge in [-0.05, 0) is 36.5 Å². The molecule has 1 aliphatic rings. The van der Waals surface area contributed by atoms with E-state index in [0.717, 1.165) is 36.8 Å². The van der Waals surface area contributed by atoms with Crippen molar-refractivity contribution in [2.75, 3.05) is 37.6 Å². The van der Waals surface area contributed by atoms with Crippen LogP contribution in [0.3, 0.4) is 0 Å². The van der Waals surface area contributed by atoms with Crippen LogP contribution in [0.5, 0.6) is 0 Å². The molecule has 2 atom stereocenters. The molecule has 1 aromatic rings. The number of nitrogens with one attached hydrogen (secondary N) is 1. The smallest absolute Gasteiger partial charge is 0.222 e. The lowest BCUT2D eigenvalue weighted by Crippen LogP contribution is -2.49. The molecule has 1 aromatic carbocycles. The van der Waals surface area contributed by atoms with Gasteiger partial charge in [-0.15, -0.1) is 0 Å². The zero-order valence-electron chi connectivity index (χ0n) is 18.8. The van der Waals surface area contributed by atoms with Crippen LogP contribution in [0.1, 0.15) is 59.3 Å². The number of unbranched alkanes of at least 4 members (excludes halogenated alkanes) is 1. The van der Waals surface area contributed by atoms with Crippen molar-refractivity contribution in [1.82, 2.24) is 10.2 Å².